The van der Waals surface area contributed by atoms with Crippen LogP contribution in [0.3, 0.4) is 0 Å². The highest BCUT2D eigenvalue weighted by Gasteiger charge is 2.08. The third kappa shape index (κ3) is 3.84. The number of methoxy groups -OCH3 is 2. The fourth-order valence-corrected chi connectivity index (χ4v) is 3.08. The summed E-state index contributed by atoms with van der Waals surface area (Å²) < 4.78 is 10.8. The van der Waals surface area contributed by atoms with Gasteiger partial charge in [0.1, 0.15) is 11.5 Å². The molecule has 0 amide bonds. The van der Waals surface area contributed by atoms with Gasteiger partial charge in [-0.3, -0.25) is 0 Å². The molecule has 0 radical (unpaired) electrons. The monoisotopic (exact) mass is 385 g/mol. The van der Waals surface area contributed by atoms with Gasteiger partial charge in [-0.15, -0.1) is 5.10 Å². The number of nitrogens with zero attached hydrogens (tertiary/aromatic N) is 4. The number of aromatic nitrogens is 3. The van der Waals surface area contributed by atoms with E-state index in [0.717, 1.165) is 27.6 Å². The van der Waals surface area contributed by atoms with Gasteiger partial charge in [0.05, 0.1) is 32.3 Å². The molecule has 0 saturated heterocycles. The average Bonchev–Trinajstić information content (AvgIpc) is 2.79. The number of hydrogen-bond acceptors (Lipinski definition) is 7. The van der Waals surface area contributed by atoms with Crippen LogP contribution in [0.25, 0.3) is 22.0 Å². The van der Waals surface area contributed by atoms with Gasteiger partial charge in [-0.1, -0.05) is 36.4 Å². The van der Waals surface area contributed by atoms with Crippen LogP contribution in [-0.4, -0.2) is 35.6 Å². The van der Waals surface area contributed by atoms with Crippen LogP contribution >= 0.6 is 0 Å². The summed E-state index contributed by atoms with van der Waals surface area (Å²) in [6.45, 7) is 0. The molecule has 0 aliphatic heterocycles. The highest BCUT2D eigenvalue weighted by Crippen LogP contribution is 2.28. The Labute approximate surface area is 168 Å². The summed E-state index contributed by atoms with van der Waals surface area (Å²) in [5.41, 5.74) is 5.27. The molecule has 0 spiro atoms. The van der Waals surface area contributed by atoms with E-state index in [2.05, 4.69) is 25.7 Å². The second kappa shape index (κ2) is 8.35. The minimum Gasteiger partial charge on any atom is -0.496 e. The fraction of sp³-hybridized carbons (Fsp3) is 0.0909. The molecular formula is C22H19N5O2. The van der Waals surface area contributed by atoms with E-state index >= 15 is 0 Å². The number of fused-ring (bicyclic) bond motifs is 1. The molecule has 0 unspecified atom stereocenters. The Balaban J connectivity index is 1.59. The standard InChI is InChI=1S/C22H19N5O2/c1-28-20-10-6-5-9-18(20)19-14-24-27-22(25-19)26-23-13-15-11-12-21(29-2)17-8-4-3-7-16(15)17/h3-14H,1-2H3,(H,25,26,27). The van der Waals surface area contributed by atoms with E-state index < -0.39 is 0 Å². The topological polar surface area (TPSA) is 81.5 Å². The molecule has 0 saturated carbocycles. The highest BCUT2D eigenvalue weighted by atomic mass is 16.5. The summed E-state index contributed by atoms with van der Waals surface area (Å²) >= 11 is 0. The molecule has 0 aliphatic rings. The lowest BCUT2D eigenvalue weighted by Crippen LogP contribution is -2.01. The fourth-order valence-electron chi connectivity index (χ4n) is 3.08. The van der Waals surface area contributed by atoms with E-state index in [9.17, 15) is 0 Å². The molecule has 0 fully saturated rings. The first kappa shape index (κ1) is 18.4. The van der Waals surface area contributed by atoms with Gasteiger partial charge in [0, 0.05) is 16.5 Å². The number of ether oxygens (including phenoxy) is 2. The number of hydrazone groups is 1. The van der Waals surface area contributed by atoms with Crippen LogP contribution < -0.4 is 14.9 Å². The Morgan fingerprint density at radius 3 is 2.45 bits per heavy atom. The number of nitrogens with one attached hydrogen (secondary N) is 1. The van der Waals surface area contributed by atoms with Crippen molar-refractivity contribution in [1.29, 1.82) is 0 Å². The molecule has 4 aromatic rings. The minimum atomic E-state index is 0.294. The van der Waals surface area contributed by atoms with Crippen LogP contribution in [-0.2, 0) is 0 Å². The van der Waals surface area contributed by atoms with Crippen molar-refractivity contribution in [1.82, 2.24) is 15.2 Å². The normalized spacial score (nSPS) is 11.0. The van der Waals surface area contributed by atoms with Gasteiger partial charge in [-0.25, -0.2) is 10.4 Å². The van der Waals surface area contributed by atoms with Gasteiger partial charge in [0.25, 0.3) is 5.95 Å². The maximum absolute atomic E-state index is 5.43. The highest BCUT2D eigenvalue weighted by molar-refractivity contribution is 6.02. The zero-order valence-corrected chi connectivity index (χ0v) is 16.0. The first-order chi connectivity index (χ1) is 14.3. The number of hydrogen-bond donors (Lipinski definition) is 1. The molecule has 4 rings (SSSR count). The van der Waals surface area contributed by atoms with Crippen molar-refractivity contribution in [3.05, 3.63) is 72.4 Å². The second-order valence-corrected chi connectivity index (χ2v) is 6.14. The lowest BCUT2D eigenvalue weighted by atomic mass is 10.0. The number of benzene rings is 3. The molecule has 1 aromatic heterocycles. The molecule has 29 heavy (non-hydrogen) atoms. The Morgan fingerprint density at radius 1 is 0.862 bits per heavy atom. The molecule has 3 aromatic carbocycles. The number of para-hydroxylation sites is 1. The van der Waals surface area contributed by atoms with Gasteiger partial charge in [-0.2, -0.15) is 10.2 Å². The molecule has 0 atom stereocenters. The Hall–Kier alpha value is -4.00. The lowest BCUT2D eigenvalue weighted by molar-refractivity contribution is 0.416. The largest absolute Gasteiger partial charge is 0.496 e. The number of rotatable bonds is 6. The SMILES string of the molecule is COc1ccccc1-c1cnnc(NN=Cc2ccc(OC)c3ccccc23)n1. The predicted octanol–water partition coefficient (Wildman–Crippen LogP) is 4.16. The minimum absolute atomic E-state index is 0.294. The van der Waals surface area contributed by atoms with Crippen LogP contribution in [0.4, 0.5) is 5.95 Å². The molecule has 1 N–H and O–H groups in total. The van der Waals surface area contributed by atoms with Gasteiger partial charge in [-0.05, 0) is 29.7 Å². The Bertz CT molecular complexity index is 1180. The van der Waals surface area contributed by atoms with Crippen molar-refractivity contribution >= 4 is 22.9 Å². The molecule has 0 bridgehead atoms. The second-order valence-electron chi connectivity index (χ2n) is 6.14. The predicted molar refractivity (Wildman–Crippen MR) is 114 cm³/mol. The van der Waals surface area contributed by atoms with Gasteiger partial charge >= 0.3 is 0 Å². The summed E-state index contributed by atoms with van der Waals surface area (Å²) in [6, 6.07) is 19.5. The maximum Gasteiger partial charge on any atom is 0.263 e. The van der Waals surface area contributed by atoms with Crippen molar-refractivity contribution in [2.45, 2.75) is 0 Å². The number of anilines is 1. The first-order valence-electron chi connectivity index (χ1n) is 8.98. The smallest absolute Gasteiger partial charge is 0.263 e. The molecule has 144 valence electrons. The quantitative estimate of drug-likeness (QED) is 0.397. The summed E-state index contributed by atoms with van der Waals surface area (Å²) in [4.78, 5) is 4.47. The first-order valence-corrected chi connectivity index (χ1v) is 8.98. The Morgan fingerprint density at radius 2 is 1.62 bits per heavy atom. The summed E-state index contributed by atoms with van der Waals surface area (Å²) in [7, 11) is 3.28. The van der Waals surface area contributed by atoms with Crippen LogP contribution in [0.5, 0.6) is 11.5 Å². The van der Waals surface area contributed by atoms with Crippen LogP contribution in [0.2, 0.25) is 0 Å². The lowest BCUT2D eigenvalue weighted by Gasteiger charge is -2.08. The van der Waals surface area contributed by atoms with Crippen LogP contribution in [0.1, 0.15) is 5.56 Å². The van der Waals surface area contributed by atoms with Gasteiger partial charge in [0.2, 0.25) is 0 Å². The van der Waals surface area contributed by atoms with Crippen molar-refractivity contribution in [2.24, 2.45) is 5.10 Å². The maximum atomic E-state index is 5.43. The molecular weight excluding hydrogens is 366 g/mol. The Kier molecular flexibility index (Phi) is 5.29. The van der Waals surface area contributed by atoms with E-state index in [0.29, 0.717) is 17.4 Å². The van der Waals surface area contributed by atoms with Crippen molar-refractivity contribution in [3.63, 3.8) is 0 Å². The van der Waals surface area contributed by atoms with Gasteiger partial charge in [0.15, 0.2) is 0 Å². The zero-order chi connectivity index (χ0) is 20.1. The van der Waals surface area contributed by atoms with Crippen molar-refractivity contribution < 1.29 is 9.47 Å². The molecule has 7 heteroatoms. The van der Waals surface area contributed by atoms with Crippen LogP contribution in [0, 0.1) is 0 Å². The van der Waals surface area contributed by atoms with E-state index in [4.69, 9.17) is 9.47 Å². The zero-order valence-electron chi connectivity index (χ0n) is 16.0. The van der Waals surface area contributed by atoms with E-state index in [-0.39, 0.29) is 0 Å². The third-order valence-corrected chi connectivity index (χ3v) is 4.45. The molecule has 0 aliphatic carbocycles. The summed E-state index contributed by atoms with van der Waals surface area (Å²) in [6.07, 6.45) is 3.31. The third-order valence-electron chi connectivity index (χ3n) is 4.45. The average molecular weight is 385 g/mol. The molecule has 1 heterocycles. The summed E-state index contributed by atoms with van der Waals surface area (Å²) in [5.74, 6) is 1.83. The van der Waals surface area contributed by atoms with E-state index in [1.807, 2.05) is 60.7 Å². The van der Waals surface area contributed by atoms with Crippen molar-refractivity contribution in [2.75, 3.05) is 19.6 Å². The van der Waals surface area contributed by atoms with E-state index in [1.165, 1.54) is 0 Å². The van der Waals surface area contributed by atoms with Crippen molar-refractivity contribution in [3.8, 4) is 22.8 Å². The molecule has 7 nitrogen and oxygen atoms in total. The summed E-state index contributed by atoms with van der Waals surface area (Å²) in [5, 5.41) is 14.4. The van der Waals surface area contributed by atoms with E-state index in [1.54, 1.807) is 26.6 Å². The van der Waals surface area contributed by atoms with Gasteiger partial charge < -0.3 is 9.47 Å². The van der Waals surface area contributed by atoms with Crippen LogP contribution in [0.15, 0.2) is 72.0 Å².